The second kappa shape index (κ2) is 6.51. The minimum absolute atomic E-state index is 0.0898. The number of alkyl halides is 3. The molecule has 2 aromatic rings. The molecule has 0 aliphatic rings. The molecular formula is C14H12F3N3O3. The van der Waals surface area contributed by atoms with Crippen LogP contribution in [0.3, 0.4) is 0 Å². The topological polar surface area (TPSA) is 84.1 Å². The molecule has 6 nitrogen and oxygen atoms in total. The van der Waals surface area contributed by atoms with Gasteiger partial charge in [-0.15, -0.1) is 0 Å². The van der Waals surface area contributed by atoms with Gasteiger partial charge in [-0.2, -0.15) is 13.2 Å². The highest BCUT2D eigenvalue weighted by molar-refractivity contribution is 6.03. The normalized spacial score (nSPS) is 11.1. The summed E-state index contributed by atoms with van der Waals surface area (Å²) in [6, 6.07) is 5.44. The van der Waals surface area contributed by atoms with E-state index in [1.807, 2.05) is 0 Å². The summed E-state index contributed by atoms with van der Waals surface area (Å²) in [5.41, 5.74) is 0.197. The van der Waals surface area contributed by atoms with Gasteiger partial charge in [-0.25, -0.2) is 4.98 Å². The van der Waals surface area contributed by atoms with Crippen LogP contribution < -0.4 is 15.6 Å². The zero-order valence-electron chi connectivity index (χ0n) is 11.9. The Morgan fingerprint density at radius 1 is 1.30 bits per heavy atom. The third kappa shape index (κ3) is 4.83. The SMILES string of the molecule is Cc1ccc(C(=O)Nc2ccc(OCC(F)(F)F)nc2)c(=O)[nH]1. The molecule has 0 saturated carbocycles. The lowest BCUT2D eigenvalue weighted by atomic mass is 10.2. The highest BCUT2D eigenvalue weighted by Crippen LogP contribution is 2.18. The lowest BCUT2D eigenvalue weighted by molar-refractivity contribution is -0.154. The summed E-state index contributed by atoms with van der Waals surface area (Å²) in [6.07, 6.45) is -3.33. The number of carbonyl (C=O) groups is 1. The lowest BCUT2D eigenvalue weighted by Crippen LogP contribution is -2.23. The van der Waals surface area contributed by atoms with E-state index in [0.29, 0.717) is 5.69 Å². The predicted octanol–water partition coefficient (Wildman–Crippen LogP) is 2.27. The fourth-order valence-corrected chi connectivity index (χ4v) is 1.64. The number of carbonyl (C=O) groups excluding carboxylic acids is 1. The first-order chi connectivity index (χ1) is 10.7. The highest BCUT2D eigenvalue weighted by atomic mass is 19.4. The quantitative estimate of drug-likeness (QED) is 0.902. The molecule has 2 heterocycles. The van der Waals surface area contributed by atoms with Gasteiger partial charge >= 0.3 is 6.18 Å². The zero-order chi connectivity index (χ0) is 17.0. The number of rotatable bonds is 4. The second-order valence-corrected chi connectivity index (χ2v) is 4.63. The minimum atomic E-state index is -4.46. The predicted molar refractivity (Wildman–Crippen MR) is 75.5 cm³/mol. The van der Waals surface area contributed by atoms with E-state index < -0.39 is 24.2 Å². The molecule has 23 heavy (non-hydrogen) atoms. The van der Waals surface area contributed by atoms with Gasteiger partial charge in [0.05, 0.1) is 11.9 Å². The third-order valence-corrected chi connectivity index (χ3v) is 2.68. The molecule has 0 spiro atoms. The Morgan fingerprint density at radius 3 is 2.61 bits per heavy atom. The number of ether oxygens (including phenoxy) is 1. The zero-order valence-corrected chi connectivity index (χ0v) is 11.9. The molecule has 0 aliphatic heterocycles. The highest BCUT2D eigenvalue weighted by Gasteiger charge is 2.28. The van der Waals surface area contributed by atoms with Gasteiger partial charge < -0.3 is 15.0 Å². The van der Waals surface area contributed by atoms with E-state index in [1.165, 1.54) is 18.2 Å². The van der Waals surface area contributed by atoms with Gasteiger partial charge in [0.15, 0.2) is 6.61 Å². The number of aryl methyl sites for hydroxylation is 1. The number of aromatic amines is 1. The summed E-state index contributed by atoms with van der Waals surface area (Å²) in [5, 5.41) is 2.42. The summed E-state index contributed by atoms with van der Waals surface area (Å²) in [7, 11) is 0. The number of nitrogens with one attached hydrogen (secondary N) is 2. The maximum atomic E-state index is 12.0. The lowest BCUT2D eigenvalue weighted by Gasteiger charge is -2.09. The number of H-pyrrole nitrogens is 1. The summed E-state index contributed by atoms with van der Waals surface area (Å²) in [5.74, 6) is -0.884. The van der Waals surface area contributed by atoms with Gasteiger partial charge in [-0.05, 0) is 25.1 Å². The van der Waals surface area contributed by atoms with E-state index >= 15 is 0 Å². The molecule has 1 amide bonds. The van der Waals surface area contributed by atoms with Crippen molar-refractivity contribution in [3.05, 3.63) is 52.1 Å². The molecule has 0 unspecified atom stereocenters. The Labute approximate surface area is 128 Å². The van der Waals surface area contributed by atoms with Crippen LogP contribution in [0.25, 0.3) is 0 Å². The molecular weight excluding hydrogens is 315 g/mol. The first-order valence-electron chi connectivity index (χ1n) is 6.41. The van der Waals surface area contributed by atoms with Crippen LogP contribution >= 0.6 is 0 Å². The molecule has 2 rings (SSSR count). The van der Waals surface area contributed by atoms with E-state index in [4.69, 9.17) is 0 Å². The molecule has 0 aliphatic carbocycles. The van der Waals surface area contributed by atoms with Gasteiger partial charge in [0.1, 0.15) is 5.56 Å². The minimum Gasteiger partial charge on any atom is -0.468 e. The number of nitrogens with zero attached hydrogens (tertiary/aromatic N) is 1. The number of pyridine rings is 2. The molecule has 2 aromatic heterocycles. The van der Waals surface area contributed by atoms with Crippen molar-refractivity contribution < 1.29 is 22.7 Å². The van der Waals surface area contributed by atoms with Crippen LogP contribution in [0.5, 0.6) is 5.88 Å². The van der Waals surface area contributed by atoms with Crippen molar-refractivity contribution in [3.8, 4) is 5.88 Å². The Bertz CT molecular complexity index is 754. The average Bonchev–Trinajstić information content (AvgIpc) is 2.45. The van der Waals surface area contributed by atoms with Crippen molar-refractivity contribution in [2.45, 2.75) is 13.1 Å². The van der Waals surface area contributed by atoms with Gasteiger partial charge in [0.25, 0.3) is 11.5 Å². The fourth-order valence-electron chi connectivity index (χ4n) is 1.64. The number of hydrogen-bond donors (Lipinski definition) is 2. The van der Waals surface area contributed by atoms with Crippen molar-refractivity contribution in [1.29, 1.82) is 0 Å². The van der Waals surface area contributed by atoms with Gasteiger partial charge in [0.2, 0.25) is 5.88 Å². The second-order valence-electron chi connectivity index (χ2n) is 4.63. The first-order valence-corrected chi connectivity index (χ1v) is 6.41. The van der Waals surface area contributed by atoms with Crippen molar-refractivity contribution in [2.75, 3.05) is 11.9 Å². The van der Waals surface area contributed by atoms with Crippen LogP contribution in [0.2, 0.25) is 0 Å². The van der Waals surface area contributed by atoms with Crippen molar-refractivity contribution in [2.24, 2.45) is 0 Å². The molecule has 0 aromatic carbocycles. The largest absolute Gasteiger partial charge is 0.468 e. The van der Waals surface area contributed by atoms with Crippen LogP contribution in [0.1, 0.15) is 16.1 Å². The maximum Gasteiger partial charge on any atom is 0.422 e. The fraction of sp³-hybridized carbons (Fsp3) is 0.214. The molecule has 0 radical (unpaired) electrons. The van der Waals surface area contributed by atoms with Crippen LogP contribution in [-0.4, -0.2) is 28.7 Å². The molecule has 0 bridgehead atoms. The number of anilines is 1. The molecule has 0 atom stereocenters. The van der Waals surface area contributed by atoms with E-state index in [-0.39, 0.29) is 17.1 Å². The smallest absolute Gasteiger partial charge is 0.422 e. The summed E-state index contributed by atoms with van der Waals surface area (Å²) in [4.78, 5) is 29.7. The van der Waals surface area contributed by atoms with Crippen LogP contribution in [0.15, 0.2) is 35.3 Å². The molecule has 2 N–H and O–H groups in total. The Morgan fingerprint density at radius 2 is 2.04 bits per heavy atom. The van der Waals surface area contributed by atoms with Crippen LogP contribution in [0.4, 0.5) is 18.9 Å². The first kappa shape index (κ1) is 16.5. The van der Waals surface area contributed by atoms with E-state index in [0.717, 1.165) is 6.20 Å². The third-order valence-electron chi connectivity index (χ3n) is 2.68. The summed E-state index contributed by atoms with van der Waals surface area (Å²) < 4.78 is 40.5. The number of aromatic nitrogens is 2. The van der Waals surface area contributed by atoms with E-state index in [2.05, 4.69) is 20.0 Å². The standard InChI is InChI=1S/C14H12F3N3O3/c1-8-2-4-10(12(21)19-8)13(22)20-9-3-5-11(18-6-9)23-7-14(15,16)17/h2-6H,7H2,1H3,(H,19,21)(H,20,22). The van der Waals surface area contributed by atoms with Gasteiger partial charge in [-0.1, -0.05) is 0 Å². The number of hydrogen-bond acceptors (Lipinski definition) is 4. The summed E-state index contributed by atoms with van der Waals surface area (Å²) >= 11 is 0. The van der Waals surface area contributed by atoms with Crippen LogP contribution in [-0.2, 0) is 0 Å². The van der Waals surface area contributed by atoms with Gasteiger partial charge in [-0.3, -0.25) is 9.59 Å². The average molecular weight is 327 g/mol. The molecule has 122 valence electrons. The number of amides is 1. The Balaban J connectivity index is 2.03. The molecule has 0 saturated heterocycles. The van der Waals surface area contributed by atoms with E-state index in [1.54, 1.807) is 13.0 Å². The van der Waals surface area contributed by atoms with Crippen LogP contribution in [0, 0.1) is 6.92 Å². The van der Waals surface area contributed by atoms with Gasteiger partial charge in [0, 0.05) is 11.8 Å². The molecule has 0 fully saturated rings. The maximum absolute atomic E-state index is 12.0. The van der Waals surface area contributed by atoms with Crippen molar-refractivity contribution in [3.63, 3.8) is 0 Å². The number of halogens is 3. The Kier molecular flexibility index (Phi) is 4.68. The summed E-state index contributed by atoms with van der Waals surface area (Å²) in [6.45, 7) is 0.219. The monoisotopic (exact) mass is 327 g/mol. The van der Waals surface area contributed by atoms with Crippen molar-refractivity contribution in [1.82, 2.24) is 9.97 Å². The van der Waals surface area contributed by atoms with E-state index in [9.17, 15) is 22.8 Å². The molecule has 9 heteroatoms. The van der Waals surface area contributed by atoms with Crippen molar-refractivity contribution >= 4 is 11.6 Å². The Hall–Kier alpha value is -2.84.